The predicted octanol–water partition coefficient (Wildman–Crippen LogP) is 0.839. The van der Waals surface area contributed by atoms with Gasteiger partial charge in [0.05, 0.1) is 11.9 Å². The highest BCUT2D eigenvalue weighted by molar-refractivity contribution is 7.89. The molecule has 1 aromatic rings. The molecule has 1 fully saturated rings. The highest BCUT2D eigenvalue weighted by Crippen LogP contribution is 2.31. The lowest BCUT2D eigenvalue weighted by atomic mass is 10.1. The van der Waals surface area contributed by atoms with Gasteiger partial charge >= 0.3 is 0 Å². The van der Waals surface area contributed by atoms with E-state index in [4.69, 9.17) is 0 Å². The van der Waals surface area contributed by atoms with Gasteiger partial charge in [-0.15, -0.1) is 0 Å². The lowest BCUT2D eigenvalue weighted by molar-refractivity contribution is 0.258. The highest BCUT2D eigenvalue weighted by atomic mass is 32.2. The van der Waals surface area contributed by atoms with Gasteiger partial charge in [0.15, 0.2) is 0 Å². The smallest absolute Gasteiger partial charge is 0.213 e. The van der Waals surface area contributed by atoms with Crippen LogP contribution in [0.15, 0.2) is 12.4 Å². The van der Waals surface area contributed by atoms with Crippen LogP contribution in [0, 0.1) is 0 Å². The van der Waals surface area contributed by atoms with E-state index < -0.39 is 10.0 Å². The van der Waals surface area contributed by atoms with Crippen molar-refractivity contribution in [3.05, 3.63) is 18.0 Å². The molecule has 1 saturated heterocycles. The third-order valence-corrected chi connectivity index (χ3v) is 5.79. The molecule has 1 aromatic heterocycles. The van der Waals surface area contributed by atoms with Crippen molar-refractivity contribution in [1.29, 1.82) is 0 Å². The Morgan fingerprint density at radius 1 is 1.45 bits per heavy atom. The summed E-state index contributed by atoms with van der Waals surface area (Å²) in [7, 11) is 2.02. The summed E-state index contributed by atoms with van der Waals surface area (Å²) in [5.41, 5.74) is 1.24. The minimum atomic E-state index is -3.08. The first-order valence-corrected chi connectivity index (χ1v) is 8.64. The zero-order valence-corrected chi connectivity index (χ0v) is 13.3. The van der Waals surface area contributed by atoms with E-state index in [2.05, 4.69) is 16.2 Å². The fourth-order valence-corrected chi connectivity index (χ4v) is 3.58. The van der Waals surface area contributed by atoms with E-state index in [1.54, 1.807) is 14.1 Å². The number of likely N-dealkylation sites (tertiary alicyclic amines) is 1. The minimum absolute atomic E-state index is 0.219. The van der Waals surface area contributed by atoms with Gasteiger partial charge in [-0.2, -0.15) is 5.10 Å². The Morgan fingerprint density at radius 3 is 2.80 bits per heavy atom. The molecule has 7 heteroatoms. The average molecular weight is 300 g/mol. The molecule has 0 unspecified atom stereocenters. The van der Waals surface area contributed by atoms with Gasteiger partial charge < -0.3 is 0 Å². The number of nitrogens with zero attached hydrogens (tertiary/aromatic N) is 4. The van der Waals surface area contributed by atoms with E-state index in [1.807, 2.05) is 17.9 Å². The normalized spacial score (nSPS) is 20.9. The number of sulfonamides is 1. The molecule has 0 bridgehead atoms. The summed E-state index contributed by atoms with van der Waals surface area (Å²) in [5.74, 6) is 0.219. The van der Waals surface area contributed by atoms with Gasteiger partial charge in [-0.25, -0.2) is 12.7 Å². The molecule has 0 N–H and O–H groups in total. The number of hydrogen-bond donors (Lipinski definition) is 0. The summed E-state index contributed by atoms with van der Waals surface area (Å²) in [4.78, 5) is 2.38. The first kappa shape index (κ1) is 15.5. The molecule has 1 atom stereocenters. The fourth-order valence-electron chi connectivity index (χ4n) is 2.72. The Kier molecular flexibility index (Phi) is 4.82. The first-order valence-electron chi connectivity index (χ1n) is 7.03. The van der Waals surface area contributed by atoms with Crippen LogP contribution in [-0.4, -0.2) is 60.3 Å². The van der Waals surface area contributed by atoms with Crippen LogP contribution in [-0.2, 0) is 17.1 Å². The molecule has 0 radical (unpaired) electrons. The van der Waals surface area contributed by atoms with Crippen molar-refractivity contribution in [2.24, 2.45) is 7.05 Å². The highest BCUT2D eigenvalue weighted by Gasteiger charge is 2.27. The summed E-state index contributed by atoms with van der Waals surface area (Å²) in [6.45, 7) is 1.87. The third kappa shape index (κ3) is 3.59. The van der Waals surface area contributed by atoms with E-state index in [1.165, 1.54) is 16.3 Å². The van der Waals surface area contributed by atoms with Crippen molar-refractivity contribution in [3.8, 4) is 0 Å². The summed E-state index contributed by atoms with van der Waals surface area (Å²) in [5, 5.41) is 4.23. The maximum absolute atomic E-state index is 11.8. The quantitative estimate of drug-likeness (QED) is 0.781. The minimum Gasteiger partial charge on any atom is -0.296 e. The average Bonchev–Trinajstić information content (AvgIpc) is 2.97. The van der Waals surface area contributed by atoms with Crippen LogP contribution in [0.5, 0.6) is 0 Å². The number of hydrogen-bond acceptors (Lipinski definition) is 4. The monoisotopic (exact) mass is 300 g/mol. The lowest BCUT2D eigenvalue weighted by Crippen LogP contribution is -2.29. The van der Waals surface area contributed by atoms with Crippen LogP contribution in [0.25, 0.3) is 0 Å². The van der Waals surface area contributed by atoms with Gasteiger partial charge in [0.1, 0.15) is 0 Å². The summed E-state index contributed by atoms with van der Waals surface area (Å²) >= 11 is 0. The van der Waals surface area contributed by atoms with E-state index in [0.717, 1.165) is 19.5 Å². The number of rotatable bonds is 6. The SMILES string of the molecule is CN(C)S(=O)(=O)CCCN1CCC[C@H]1c1cnn(C)c1. The van der Waals surface area contributed by atoms with Crippen LogP contribution in [0.3, 0.4) is 0 Å². The molecule has 6 nitrogen and oxygen atoms in total. The molecule has 1 aliphatic heterocycles. The molecular weight excluding hydrogens is 276 g/mol. The molecule has 2 heterocycles. The van der Waals surface area contributed by atoms with Gasteiger partial charge in [0, 0.05) is 38.9 Å². The van der Waals surface area contributed by atoms with Crippen molar-refractivity contribution in [3.63, 3.8) is 0 Å². The molecule has 20 heavy (non-hydrogen) atoms. The summed E-state index contributed by atoms with van der Waals surface area (Å²) in [6, 6.07) is 0.394. The second-order valence-corrected chi connectivity index (χ2v) is 7.90. The molecule has 2 rings (SSSR count). The van der Waals surface area contributed by atoms with Gasteiger partial charge in [-0.05, 0) is 32.4 Å². The molecule has 1 aliphatic rings. The van der Waals surface area contributed by atoms with Crippen molar-refractivity contribution in [1.82, 2.24) is 19.0 Å². The van der Waals surface area contributed by atoms with Crippen molar-refractivity contribution in [2.45, 2.75) is 25.3 Å². The maximum atomic E-state index is 11.8. The van der Waals surface area contributed by atoms with Gasteiger partial charge in [0.25, 0.3) is 0 Å². The molecule has 0 spiro atoms. The molecule has 114 valence electrons. The largest absolute Gasteiger partial charge is 0.296 e. The Bertz CT molecular complexity index is 538. The number of aryl methyl sites for hydroxylation is 1. The summed E-state index contributed by atoms with van der Waals surface area (Å²) < 4.78 is 26.6. The lowest BCUT2D eigenvalue weighted by Gasteiger charge is -2.23. The van der Waals surface area contributed by atoms with Gasteiger partial charge in [0.2, 0.25) is 10.0 Å². The number of aromatic nitrogens is 2. The standard InChI is InChI=1S/C13H24N4O2S/c1-15(2)20(18,19)9-5-8-17-7-4-6-13(17)12-10-14-16(3)11-12/h10-11,13H,4-9H2,1-3H3/t13-/m0/s1. The second kappa shape index (κ2) is 6.24. The van der Waals surface area contributed by atoms with Crippen LogP contribution >= 0.6 is 0 Å². The van der Waals surface area contributed by atoms with Crippen LogP contribution < -0.4 is 0 Å². The molecule has 0 aromatic carbocycles. The summed E-state index contributed by atoms with van der Waals surface area (Å²) in [6.07, 6.45) is 6.95. The zero-order chi connectivity index (χ0) is 14.8. The molecule has 0 saturated carbocycles. The third-order valence-electron chi connectivity index (χ3n) is 3.88. The Hall–Kier alpha value is -0.920. The first-order chi connectivity index (χ1) is 9.40. The Morgan fingerprint density at radius 2 is 2.20 bits per heavy atom. The van der Waals surface area contributed by atoms with Crippen LogP contribution in [0.4, 0.5) is 0 Å². The van der Waals surface area contributed by atoms with E-state index in [9.17, 15) is 8.42 Å². The predicted molar refractivity (Wildman–Crippen MR) is 78.8 cm³/mol. The Labute approximate surface area is 121 Å². The van der Waals surface area contributed by atoms with Gasteiger partial charge in [-0.3, -0.25) is 9.58 Å². The van der Waals surface area contributed by atoms with Crippen LogP contribution in [0.1, 0.15) is 30.9 Å². The van der Waals surface area contributed by atoms with Crippen molar-refractivity contribution >= 4 is 10.0 Å². The van der Waals surface area contributed by atoms with E-state index >= 15 is 0 Å². The fraction of sp³-hybridized carbons (Fsp3) is 0.769. The topological polar surface area (TPSA) is 58.4 Å². The molecular formula is C13H24N4O2S. The second-order valence-electron chi connectivity index (χ2n) is 5.59. The van der Waals surface area contributed by atoms with Gasteiger partial charge in [-0.1, -0.05) is 0 Å². The maximum Gasteiger partial charge on any atom is 0.213 e. The molecule has 0 amide bonds. The molecule has 0 aliphatic carbocycles. The van der Waals surface area contributed by atoms with E-state index in [-0.39, 0.29) is 5.75 Å². The van der Waals surface area contributed by atoms with Crippen molar-refractivity contribution < 1.29 is 8.42 Å². The van der Waals surface area contributed by atoms with Crippen molar-refractivity contribution in [2.75, 3.05) is 32.9 Å². The van der Waals surface area contributed by atoms with E-state index in [0.29, 0.717) is 12.5 Å². The zero-order valence-electron chi connectivity index (χ0n) is 12.5. The Balaban J connectivity index is 1.89. The van der Waals surface area contributed by atoms with Crippen LogP contribution in [0.2, 0.25) is 0 Å².